The molecule has 140 valence electrons. The monoisotopic (exact) mass is 375 g/mol. The van der Waals surface area contributed by atoms with Crippen LogP contribution in [0.15, 0.2) is 54.6 Å². The molecule has 0 aliphatic rings. The molecule has 0 bridgehead atoms. The molecule has 2 aromatic rings. The van der Waals surface area contributed by atoms with Crippen LogP contribution in [0.5, 0.6) is 0 Å². The number of anilines is 1. The van der Waals surface area contributed by atoms with Gasteiger partial charge >= 0.3 is 0 Å². The number of hydrogen-bond donors (Lipinski definition) is 2. The third-order valence-corrected chi connectivity index (χ3v) is 4.10. The lowest BCUT2D eigenvalue weighted by Gasteiger charge is -2.18. The highest BCUT2D eigenvalue weighted by atomic mass is 35.5. The standard InChI is InChI=1S/C20H25N3O2.ClH/c1-3-23(4-2)20(25)16-10-12-17(13-11-16)22-19(24)14-18(21)15-8-6-5-7-9-15;/h5-13,18H,3-4,14,21H2,1-2H3,(H,22,24);1H. The van der Waals surface area contributed by atoms with E-state index in [0.29, 0.717) is 24.3 Å². The molecule has 0 radical (unpaired) electrons. The van der Waals surface area contributed by atoms with Gasteiger partial charge in [0.2, 0.25) is 5.91 Å². The Bertz CT molecular complexity index is 701. The Morgan fingerprint density at radius 2 is 1.58 bits per heavy atom. The molecule has 2 rings (SSSR count). The maximum Gasteiger partial charge on any atom is 0.253 e. The molecule has 2 aromatic carbocycles. The van der Waals surface area contributed by atoms with E-state index in [1.54, 1.807) is 29.2 Å². The summed E-state index contributed by atoms with van der Waals surface area (Å²) in [4.78, 5) is 26.2. The van der Waals surface area contributed by atoms with Crippen LogP contribution in [0.25, 0.3) is 0 Å². The molecule has 2 amide bonds. The molecule has 0 aliphatic carbocycles. The zero-order chi connectivity index (χ0) is 18.2. The van der Waals surface area contributed by atoms with Gasteiger partial charge in [0.25, 0.3) is 5.91 Å². The first kappa shape index (κ1) is 21.7. The first-order valence-corrected chi connectivity index (χ1v) is 8.54. The summed E-state index contributed by atoms with van der Waals surface area (Å²) in [6, 6.07) is 16.1. The molecule has 0 aliphatic heterocycles. The highest BCUT2D eigenvalue weighted by molar-refractivity contribution is 5.96. The molecule has 6 heteroatoms. The summed E-state index contributed by atoms with van der Waals surface area (Å²) in [5.74, 6) is -0.159. The molecule has 0 saturated carbocycles. The number of rotatable bonds is 7. The van der Waals surface area contributed by atoms with Crippen molar-refractivity contribution in [3.8, 4) is 0 Å². The van der Waals surface area contributed by atoms with Crippen LogP contribution in [0.4, 0.5) is 5.69 Å². The number of nitrogens with zero attached hydrogens (tertiary/aromatic N) is 1. The maximum absolute atomic E-state index is 12.3. The number of nitrogens with one attached hydrogen (secondary N) is 1. The van der Waals surface area contributed by atoms with Gasteiger partial charge in [-0.1, -0.05) is 30.3 Å². The largest absolute Gasteiger partial charge is 0.339 e. The molecular formula is C20H26ClN3O2. The second-order valence-corrected chi connectivity index (χ2v) is 5.82. The first-order valence-electron chi connectivity index (χ1n) is 8.54. The third-order valence-electron chi connectivity index (χ3n) is 4.10. The van der Waals surface area contributed by atoms with Crippen molar-refractivity contribution in [2.24, 2.45) is 5.73 Å². The molecule has 5 nitrogen and oxygen atoms in total. The Balaban J connectivity index is 0.00000338. The number of carbonyl (C=O) groups excluding carboxylic acids is 2. The molecule has 0 heterocycles. The lowest BCUT2D eigenvalue weighted by molar-refractivity contribution is -0.116. The van der Waals surface area contributed by atoms with E-state index in [2.05, 4.69) is 5.32 Å². The van der Waals surface area contributed by atoms with Crippen LogP contribution in [0.3, 0.4) is 0 Å². The molecule has 0 aromatic heterocycles. The molecule has 0 saturated heterocycles. The van der Waals surface area contributed by atoms with Gasteiger partial charge in [-0.3, -0.25) is 9.59 Å². The highest BCUT2D eigenvalue weighted by Crippen LogP contribution is 2.16. The van der Waals surface area contributed by atoms with Gasteiger partial charge in [0.15, 0.2) is 0 Å². The average molecular weight is 376 g/mol. The van der Waals surface area contributed by atoms with Gasteiger partial charge in [0.05, 0.1) is 0 Å². The predicted molar refractivity (Wildman–Crippen MR) is 108 cm³/mol. The van der Waals surface area contributed by atoms with E-state index in [0.717, 1.165) is 5.56 Å². The van der Waals surface area contributed by atoms with Crippen molar-refractivity contribution in [3.05, 3.63) is 65.7 Å². The number of nitrogens with two attached hydrogens (primary N) is 1. The van der Waals surface area contributed by atoms with Crippen LogP contribution < -0.4 is 11.1 Å². The lowest BCUT2D eigenvalue weighted by atomic mass is 10.0. The average Bonchev–Trinajstić information content (AvgIpc) is 2.64. The Labute approximate surface area is 161 Å². The lowest BCUT2D eigenvalue weighted by Crippen LogP contribution is -2.30. The predicted octanol–water partition coefficient (Wildman–Crippen LogP) is 3.62. The van der Waals surface area contributed by atoms with Gasteiger partial charge in [-0.05, 0) is 43.7 Å². The fourth-order valence-corrected chi connectivity index (χ4v) is 2.62. The van der Waals surface area contributed by atoms with Crippen molar-refractivity contribution < 1.29 is 9.59 Å². The molecule has 3 N–H and O–H groups in total. The molecule has 0 fully saturated rings. The summed E-state index contributed by atoms with van der Waals surface area (Å²) in [7, 11) is 0. The Morgan fingerprint density at radius 3 is 2.12 bits per heavy atom. The van der Waals surface area contributed by atoms with Crippen LogP contribution in [0.2, 0.25) is 0 Å². The SMILES string of the molecule is CCN(CC)C(=O)c1ccc(NC(=O)CC(N)c2ccccc2)cc1.Cl. The van der Waals surface area contributed by atoms with Gasteiger partial charge in [-0.2, -0.15) is 0 Å². The minimum Gasteiger partial charge on any atom is -0.339 e. The molecule has 1 atom stereocenters. The van der Waals surface area contributed by atoms with E-state index < -0.39 is 0 Å². The fraction of sp³-hybridized carbons (Fsp3) is 0.300. The molecule has 0 spiro atoms. The van der Waals surface area contributed by atoms with E-state index in [-0.39, 0.29) is 36.7 Å². The van der Waals surface area contributed by atoms with Crippen LogP contribution in [0, 0.1) is 0 Å². The van der Waals surface area contributed by atoms with Gasteiger partial charge in [-0.25, -0.2) is 0 Å². The van der Waals surface area contributed by atoms with E-state index in [1.165, 1.54) is 0 Å². The molecule has 26 heavy (non-hydrogen) atoms. The number of carbonyl (C=O) groups is 2. The summed E-state index contributed by atoms with van der Waals surface area (Å²) in [6.45, 7) is 5.24. The second-order valence-electron chi connectivity index (χ2n) is 5.82. The second kappa shape index (κ2) is 10.6. The first-order chi connectivity index (χ1) is 12.0. The van der Waals surface area contributed by atoms with Crippen LogP contribution in [0.1, 0.15) is 42.2 Å². The van der Waals surface area contributed by atoms with Crippen molar-refractivity contribution in [2.45, 2.75) is 26.3 Å². The van der Waals surface area contributed by atoms with Crippen molar-refractivity contribution in [1.29, 1.82) is 0 Å². The zero-order valence-corrected chi connectivity index (χ0v) is 16.0. The Hall–Kier alpha value is -2.37. The van der Waals surface area contributed by atoms with E-state index in [9.17, 15) is 9.59 Å². The number of hydrogen-bond acceptors (Lipinski definition) is 3. The van der Waals surface area contributed by atoms with Crippen molar-refractivity contribution in [3.63, 3.8) is 0 Å². The summed E-state index contributed by atoms with van der Waals surface area (Å²) in [6.07, 6.45) is 0.199. The van der Waals surface area contributed by atoms with E-state index in [1.807, 2.05) is 44.2 Å². The smallest absolute Gasteiger partial charge is 0.253 e. The number of benzene rings is 2. The van der Waals surface area contributed by atoms with E-state index >= 15 is 0 Å². The van der Waals surface area contributed by atoms with Gasteiger partial charge in [-0.15, -0.1) is 12.4 Å². The Morgan fingerprint density at radius 1 is 1.00 bits per heavy atom. The van der Waals surface area contributed by atoms with Crippen LogP contribution >= 0.6 is 12.4 Å². The maximum atomic E-state index is 12.3. The number of halogens is 1. The number of amides is 2. The zero-order valence-electron chi connectivity index (χ0n) is 15.1. The van der Waals surface area contributed by atoms with Gasteiger partial charge < -0.3 is 16.0 Å². The van der Waals surface area contributed by atoms with Crippen LogP contribution in [-0.4, -0.2) is 29.8 Å². The third kappa shape index (κ3) is 5.86. The van der Waals surface area contributed by atoms with Crippen LogP contribution in [-0.2, 0) is 4.79 Å². The molecular weight excluding hydrogens is 350 g/mol. The van der Waals surface area contributed by atoms with Gasteiger partial charge in [0, 0.05) is 36.8 Å². The van der Waals surface area contributed by atoms with E-state index in [4.69, 9.17) is 5.73 Å². The minimum atomic E-state index is -0.343. The normalized spacial score (nSPS) is 11.2. The van der Waals surface area contributed by atoms with Crippen molar-refractivity contribution >= 4 is 29.9 Å². The summed E-state index contributed by atoms with van der Waals surface area (Å²) >= 11 is 0. The summed E-state index contributed by atoms with van der Waals surface area (Å²) in [5.41, 5.74) is 8.26. The minimum absolute atomic E-state index is 0. The summed E-state index contributed by atoms with van der Waals surface area (Å²) < 4.78 is 0. The molecule has 1 unspecified atom stereocenters. The quantitative estimate of drug-likeness (QED) is 0.776. The fourth-order valence-electron chi connectivity index (χ4n) is 2.62. The van der Waals surface area contributed by atoms with Crippen molar-refractivity contribution in [2.75, 3.05) is 18.4 Å². The summed E-state index contributed by atoms with van der Waals surface area (Å²) in [5, 5.41) is 2.82. The van der Waals surface area contributed by atoms with Gasteiger partial charge in [0.1, 0.15) is 0 Å². The van der Waals surface area contributed by atoms with Crippen molar-refractivity contribution in [1.82, 2.24) is 4.90 Å². The highest BCUT2D eigenvalue weighted by Gasteiger charge is 2.14. The Kier molecular flexibility index (Phi) is 8.82. The topological polar surface area (TPSA) is 75.4 Å².